The average Bonchev–Trinajstić information content (AvgIpc) is 2.28. The van der Waals surface area contributed by atoms with Crippen LogP contribution >= 0.6 is 0 Å². The van der Waals surface area contributed by atoms with Crippen LogP contribution in [0.15, 0.2) is 24.3 Å². The maximum absolute atomic E-state index is 11.8. The van der Waals surface area contributed by atoms with E-state index in [-0.39, 0.29) is 11.9 Å². The minimum Gasteiger partial charge on any atom is -0.328 e. The number of amides is 1. The Balaban J connectivity index is 2.41. The molecular formula is C12H16N2O. The lowest BCUT2D eigenvalue weighted by Gasteiger charge is -2.33. The fourth-order valence-electron chi connectivity index (χ4n) is 2.04. The third-order valence-electron chi connectivity index (χ3n) is 2.91. The van der Waals surface area contributed by atoms with E-state index in [2.05, 4.69) is 6.07 Å². The molecule has 3 heteroatoms. The SMILES string of the molecule is CC(CN)N1C(=O)CCc2ccccc21. The zero-order valence-corrected chi connectivity index (χ0v) is 8.94. The first-order valence-electron chi connectivity index (χ1n) is 5.34. The van der Waals surface area contributed by atoms with Crippen LogP contribution in [-0.2, 0) is 11.2 Å². The maximum atomic E-state index is 11.8. The van der Waals surface area contributed by atoms with Crippen LogP contribution in [0.5, 0.6) is 0 Å². The van der Waals surface area contributed by atoms with Gasteiger partial charge in [0, 0.05) is 24.7 Å². The number of anilines is 1. The van der Waals surface area contributed by atoms with Crippen LogP contribution in [-0.4, -0.2) is 18.5 Å². The molecule has 15 heavy (non-hydrogen) atoms. The van der Waals surface area contributed by atoms with Gasteiger partial charge in [-0.25, -0.2) is 0 Å². The molecule has 1 unspecified atom stereocenters. The highest BCUT2D eigenvalue weighted by Crippen LogP contribution is 2.28. The molecule has 1 amide bonds. The zero-order valence-electron chi connectivity index (χ0n) is 8.94. The molecule has 0 bridgehead atoms. The van der Waals surface area contributed by atoms with Crippen LogP contribution in [0.25, 0.3) is 0 Å². The Morgan fingerprint density at radius 1 is 1.40 bits per heavy atom. The lowest BCUT2D eigenvalue weighted by atomic mass is 10.00. The Morgan fingerprint density at radius 2 is 2.13 bits per heavy atom. The van der Waals surface area contributed by atoms with E-state index in [9.17, 15) is 4.79 Å². The van der Waals surface area contributed by atoms with Crippen LogP contribution in [0, 0.1) is 0 Å². The summed E-state index contributed by atoms with van der Waals surface area (Å²) in [5.74, 6) is 0.187. The lowest BCUT2D eigenvalue weighted by Crippen LogP contribution is -2.45. The molecule has 1 aliphatic heterocycles. The summed E-state index contributed by atoms with van der Waals surface area (Å²) in [6.07, 6.45) is 1.45. The second-order valence-electron chi connectivity index (χ2n) is 3.98. The van der Waals surface area contributed by atoms with Crippen molar-refractivity contribution < 1.29 is 4.79 Å². The molecule has 0 spiro atoms. The quantitative estimate of drug-likeness (QED) is 0.789. The minimum absolute atomic E-state index is 0.0824. The second-order valence-corrected chi connectivity index (χ2v) is 3.98. The van der Waals surface area contributed by atoms with E-state index in [4.69, 9.17) is 5.73 Å². The summed E-state index contributed by atoms with van der Waals surface area (Å²) >= 11 is 0. The van der Waals surface area contributed by atoms with E-state index in [1.165, 1.54) is 5.56 Å². The Labute approximate surface area is 89.9 Å². The minimum atomic E-state index is 0.0824. The summed E-state index contributed by atoms with van der Waals surface area (Å²) in [5.41, 5.74) is 7.91. The summed E-state index contributed by atoms with van der Waals surface area (Å²) < 4.78 is 0. The molecule has 2 rings (SSSR count). The predicted molar refractivity (Wildman–Crippen MR) is 60.8 cm³/mol. The van der Waals surface area contributed by atoms with Gasteiger partial charge >= 0.3 is 0 Å². The number of nitrogens with zero attached hydrogens (tertiary/aromatic N) is 1. The Hall–Kier alpha value is -1.35. The highest BCUT2D eigenvalue weighted by molar-refractivity contribution is 5.96. The molecule has 1 aliphatic rings. The van der Waals surface area contributed by atoms with Crippen molar-refractivity contribution in [3.05, 3.63) is 29.8 Å². The normalized spacial score (nSPS) is 17.5. The molecule has 0 saturated carbocycles. The fourth-order valence-corrected chi connectivity index (χ4v) is 2.04. The summed E-state index contributed by atoms with van der Waals surface area (Å²) in [7, 11) is 0. The van der Waals surface area contributed by atoms with E-state index in [1.54, 1.807) is 0 Å². The van der Waals surface area contributed by atoms with Gasteiger partial charge in [-0.15, -0.1) is 0 Å². The van der Waals surface area contributed by atoms with Crippen molar-refractivity contribution in [3.8, 4) is 0 Å². The molecule has 0 radical (unpaired) electrons. The van der Waals surface area contributed by atoms with E-state index in [0.29, 0.717) is 13.0 Å². The summed E-state index contributed by atoms with van der Waals surface area (Å²) in [6.45, 7) is 2.49. The van der Waals surface area contributed by atoms with Gasteiger partial charge in [0.1, 0.15) is 0 Å². The Kier molecular flexibility index (Phi) is 2.73. The van der Waals surface area contributed by atoms with Crippen LogP contribution in [0.1, 0.15) is 18.9 Å². The molecular weight excluding hydrogens is 188 g/mol. The highest BCUT2D eigenvalue weighted by Gasteiger charge is 2.26. The topological polar surface area (TPSA) is 46.3 Å². The van der Waals surface area contributed by atoms with Crippen molar-refractivity contribution in [1.82, 2.24) is 0 Å². The maximum Gasteiger partial charge on any atom is 0.227 e. The van der Waals surface area contributed by atoms with Crippen molar-refractivity contribution in [2.45, 2.75) is 25.8 Å². The van der Waals surface area contributed by atoms with Gasteiger partial charge in [0.05, 0.1) is 0 Å². The van der Waals surface area contributed by atoms with Gasteiger partial charge in [-0.2, -0.15) is 0 Å². The number of para-hydroxylation sites is 1. The van der Waals surface area contributed by atoms with Crippen LogP contribution in [0.2, 0.25) is 0 Å². The van der Waals surface area contributed by atoms with E-state index >= 15 is 0 Å². The molecule has 0 saturated heterocycles. The smallest absolute Gasteiger partial charge is 0.227 e. The molecule has 1 aromatic carbocycles. The average molecular weight is 204 g/mol. The predicted octanol–water partition coefficient (Wildman–Crippen LogP) is 1.31. The number of fused-ring (bicyclic) bond motifs is 1. The van der Waals surface area contributed by atoms with Crippen molar-refractivity contribution >= 4 is 11.6 Å². The molecule has 1 heterocycles. The number of hydrogen-bond acceptors (Lipinski definition) is 2. The number of nitrogens with two attached hydrogens (primary N) is 1. The van der Waals surface area contributed by atoms with Crippen LogP contribution in [0.3, 0.4) is 0 Å². The molecule has 3 nitrogen and oxygen atoms in total. The number of aryl methyl sites for hydroxylation is 1. The summed E-state index contributed by atoms with van der Waals surface area (Å²) in [6, 6.07) is 8.14. The van der Waals surface area contributed by atoms with Gasteiger partial charge in [-0.3, -0.25) is 4.79 Å². The molecule has 0 aromatic heterocycles. The first kappa shape index (κ1) is 10.2. The van der Waals surface area contributed by atoms with Crippen molar-refractivity contribution in [2.75, 3.05) is 11.4 Å². The molecule has 80 valence electrons. The highest BCUT2D eigenvalue weighted by atomic mass is 16.2. The molecule has 0 aliphatic carbocycles. The molecule has 0 fully saturated rings. The lowest BCUT2D eigenvalue weighted by molar-refractivity contribution is -0.119. The molecule has 2 N–H and O–H groups in total. The van der Waals surface area contributed by atoms with Crippen molar-refractivity contribution in [3.63, 3.8) is 0 Å². The largest absolute Gasteiger partial charge is 0.328 e. The van der Waals surface area contributed by atoms with Gasteiger partial charge in [-0.05, 0) is 25.0 Å². The third kappa shape index (κ3) is 1.75. The van der Waals surface area contributed by atoms with Crippen LogP contribution < -0.4 is 10.6 Å². The Morgan fingerprint density at radius 3 is 2.87 bits per heavy atom. The second kappa shape index (κ2) is 4.03. The number of rotatable bonds is 2. The van der Waals surface area contributed by atoms with Gasteiger partial charge in [0.2, 0.25) is 5.91 Å². The van der Waals surface area contributed by atoms with Crippen molar-refractivity contribution in [1.29, 1.82) is 0 Å². The first-order chi connectivity index (χ1) is 7.24. The standard InChI is InChI=1S/C12H16N2O/c1-9(8-13)14-11-5-3-2-4-10(11)6-7-12(14)15/h2-5,9H,6-8,13H2,1H3. The number of carbonyl (C=O) groups excluding carboxylic acids is 1. The number of hydrogen-bond donors (Lipinski definition) is 1. The van der Waals surface area contributed by atoms with E-state index < -0.39 is 0 Å². The molecule has 1 aromatic rings. The summed E-state index contributed by atoms with van der Waals surface area (Å²) in [5, 5.41) is 0. The number of carbonyl (C=O) groups is 1. The first-order valence-corrected chi connectivity index (χ1v) is 5.34. The monoisotopic (exact) mass is 204 g/mol. The van der Waals surface area contributed by atoms with Gasteiger partial charge in [0.25, 0.3) is 0 Å². The van der Waals surface area contributed by atoms with Gasteiger partial charge in [-0.1, -0.05) is 18.2 Å². The molecule has 1 atom stereocenters. The van der Waals surface area contributed by atoms with E-state index in [1.807, 2.05) is 30.0 Å². The Bertz CT molecular complexity index is 376. The van der Waals surface area contributed by atoms with Crippen LogP contribution in [0.4, 0.5) is 5.69 Å². The number of benzene rings is 1. The van der Waals surface area contributed by atoms with Gasteiger partial charge in [0.15, 0.2) is 0 Å². The van der Waals surface area contributed by atoms with Gasteiger partial charge < -0.3 is 10.6 Å². The fraction of sp³-hybridized carbons (Fsp3) is 0.417. The summed E-state index contributed by atoms with van der Waals surface area (Å²) in [4.78, 5) is 13.7. The van der Waals surface area contributed by atoms with Crippen molar-refractivity contribution in [2.24, 2.45) is 5.73 Å². The third-order valence-corrected chi connectivity index (χ3v) is 2.91. The van der Waals surface area contributed by atoms with E-state index in [0.717, 1.165) is 12.1 Å². The zero-order chi connectivity index (χ0) is 10.8.